The van der Waals surface area contributed by atoms with E-state index in [1.807, 2.05) is 0 Å². The lowest BCUT2D eigenvalue weighted by Crippen LogP contribution is -2.53. The van der Waals surface area contributed by atoms with Gasteiger partial charge in [-0.25, -0.2) is 18.4 Å². The molecule has 66 heavy (non-hydrogen) atoms. The fraction of sp³-hybridized carbons (Fsp3) is 0.130. The maximum absolute atomic E-state index is 14.8. The Hall–Kier alpha value is -8.05. The molecule has 2 aliphatic heterocycles. The van der Waals surface area contributed by atoms with Crippen LogP contribution in [0.1, 0.15) is 26.7 Å². The number of nitrogens with one attached hydrogen (secondary N) is 4. The molecule has 0 fully saturated rings. The molecule has 0 spiro atoms. The van der Waals surface area contributed by atoms with E-state index in [0.717, 1.165) is 11.1 Å². The minimum atomic E-state index is -1.38. The Labute approximate surface area is 384 Å². The Kier molecular flexibility index (Phi) is 15.2. The number of carbonyl (C=O) groups excluding carboxylic acids is 4. The average molecular weight is 936 g/mol. The van der Waals surface area contributed by atoms with Gasteiger partial charge in [0, 0.05) is 77.7 Å². The number of hydrogen-bond acceptors (Lipinski definition) is 10. The van der Waals surface area contributed by atoms with E-state index in [9.17, 15) is 37.5 Å². The highest BCUT2D eigenvalue weighted by Crippen LogP contribution is 2.29. The van der Waals surface area contributed by atoms with Gasteiger partial charge in [0.2, 0.25) is 6.08 Å². The lowest BCUT2D eigenvalue weighted by Gasteiger charge is -2.31. The number of pyridine rings is 2. The van der Waals surface area contributed by atoms with Crippen LogP contribution in [0.5, 0.6) is 0 Å². The fourth-order valence-electron chi connectivity index (χ4n) is 6.17. The highest BCUT2D eigenvalue weighted by atomic mass is 35.5. The van der Waals surface area contributed by atoms with Crippen molar-refractivity contribution in [3.8, 4) is 11.4 Å². The van der Waals surface area contributed by atoms with Crippen LogP contribution in [-0.4, -0.2) is 61.6 Å². The zero-order chi connectivity index (χ0) is 47.4. The van der Waals surface area contributed by atoms with Gasteiger partial charge in [0.1, 0.15) is 22.7 Å². The number of nitrogens with zero attached hydrogens (tertiary/aromatic N) is 6. The van der Waals surface area contributed by atoms with Gasteiger partial charge in [-0.1, -0.05) is 35.3 Å². The van der Waals surface area contributed by atoms with Crippen molar-refractivity contribution < 1.29 is 28.0 Å². The normalized spacial score (nSPS) is 16.6. The molecule has 2 aromatic heterocycles. The summed E-state index contributed by atoms with van der Waals surface area (Å²) < 4.78 is 31.6. The summed E-state index contributed by atoms with van der Waals surface area (Å²) in [6.07, 6.45) is 8.12. The number of aliphatic imine (C=N–C) groups is 1. The Bertz CT molecular complexity index is 2990. The van der Waals surface area contributed by atoms with Crippen molar-refractivity contribution in [2.24, 2.45) is 15.2 Å². The van der Waals surface area contributed by atoms with Crippen LogP contribution >= 0.6 is 23.2 Å². The van der Waals surface area contributed by atoms with Gasteiger partial charge in [-0.05, 0) is 98.8 Å². The molecule has 336 valence electrons. The molecular formula is C46H38Cl2F2N10O6. The zero-order valence-corrected chi connectivity index (χ0v) is 36.4. The second-order valence-electron chi connectivity index (χ2n) is 14.7. The molecule has 20 heteroatoms. The maximum atomic E-state index is 14.8. The average Bonchev–Trinajstić information content (AvgIpc) is 3.94. The molecule has 4 N–H and O–H groups in total. The van der Waals surface area contributed by atoms with Crippen molar-refractivity contribution in [1.29, 1.82) is 0 Å². The SMILES string of the molecule is CC1(C(=O)Nc2ccc(-n3ccccc3=O)cc2F)CC=NN1.CC1(C(=O)Nc2ccc(-n3ccccc3=O)cc2F)CC=NN1C(=O)Nc1ccc(Cl)cc1.O=C=Nc1ccc(Cl)cc1. The number of hydrogen-bond donors (Lipinski definition) is 4. The highest BCUT2D eigenvalue weighted by Gasteiger charge is 2.45. The van der Waals surface area contributed by atoms with Crippen LogP contribution in [0.15, 0.2) is 159 Å². The number of aromatic nitrogens is 2. The minimum Gasteiger partial charge on any atom is -0.321 e. The lowest BCUT2D eigenvalue weighted by molar-refractivity contribution is -0.124. The molecule has 0 radical (unpaired) electrons. The second kappa shape index (κ2) is 21.1. The molecular weight excluding hydrogens is 897 g/mol. The first-order valence-electron chi connectivity index (χ1n) is 19.7. The Morgan fingerprint density at radius 1 is 0.697 bits per heavy atom. The Balaban J connectivity index is 0.000000188. The van der Waals surface area contributed by atoms with Crippen molar-refractivity contribution in [2.45, 2.75) is 37.8 Å². The molecule has 4 heterocycles. The van der Waals surface area contributed by atoms with Crippen molar-refractivity contribution in [2.75, 3.05) is 16.0 Å². The number of anilines is 3. The van der Waals surface area contributed by atoms with E-state index in [2.05, 4.69) is 36.6 Å². The number of isocyanates is 1. The van der Waals surface area contributed by atoms with Gasteiger partial charge in [0.15, 0.2) is 0 Å². The molecule has 4 amide bonds. The predicted molar refractivity (Wildman–Crippen MR) is 249 cm³/mol. The van der Waals surface area contributed by atoms with Crippen molar-refractivity contribution in [3.63, 3.8) is 0 Å². The second-order valence-corrected chi connectivity index (χ2v) is 15.6. The molecule has 4 aromatic carbocycles. The predicted octanol–water partition coefficient (Wildman–Crippen LogP) is 8.21. The van der Waals surface area contributed by atoms with Crippen LogP contribution in [-0.2, 0) is 14.4 Å². The number of amides is 4. The van der Waals surface area contributed by atoms with Gasteiger partial charge in [0.25, 0.3) is 22.9 Å². The third-order valence-electron chi connectivity index (χ3n) is 9.94. The van der Waals surface area contributed by atoms with E-state index in [-0.39, 0.29) is 34.8 Å². The number of carbonyl (C=O) groups is 3. The molecule has 6 aromatic rings. The molecule has 8 rings (SSSR count). The number of halogens is 4. The van der Waals surface area contributed by atoms with Crippen molar-refractivity contribution in [1.82, 2.24) is 19.6 Å². The molecule has 0 saturated heterocycles. The molecule has 0 saturated carbocycles. The molecule has 16 nitrogen and oxygen atoms in total. The zero-order valence-electron chi connectivity index (χ0n) is 34.9. The Morgan fingerprint density at radius 3 is 1.71 bits per heavy atom. The summed E-state index contributed by atoms with van der Waals surface area (Å²) in [6, 6.07) is 30.0. The topological polar surface area (TPSA) is 201 Å². The van der Waals surface area contributed by atoms with Crippen LogP contribution in [0.2, 0.25) is 10.0 Å². The summed E-state index contributed by atoms with van der Waals surface area (Å²) in [5, 5.41) is 17.7. The van der Waals surface area contributed by atoms with Crippen molar-refractivity contribution in [3.05, 3.63) is 176 Å². The third-order valence-corrected chi connectivity index (χ3v) is 10.4. The molecule has 2 unspecified atom stereocenters. The summed E-state index contributed by atoms with van der Waals surface area (Å²) >= 11 is 11.4. The lowest BCUT2D eigenvalue weighted by atomic mass is 9.97. The smallest absolute Gasteiger partial charge is 0.321 e. The van der Waals surface area contributed by atoms with Gasteiger partial charge < -0.3 is 16.0 Å². The van der Waals surface area contributed by atoms with Crippen LogP contribution in [0.4, 0.5) is 36.3 Å². The standard InChI is InChI=1S/C23H19ClFN5O3.C16H15FN4O2.C7H4ClNO/c1-23(11-12-26-30(23)22(33)27-16-7-5-15(24)6-8-16)21(32)28-19-10-9-17(14-18(19)25)29-13-3-2-4-20(29)31;1-16(7-8-18-20-16)15(23)19-13-6-5-11(10-12(13)17)21-9-3-2-4-14(21)22;8-6-1-3-7(4-2-6)9-5-10/h2-10,12-14H,11H2,1H3,(H,27,33)(H,28,32);2-6,8-10,20H,7H2,1H3,(H,19,23);1-4H. The largest absolute Gasteiger partial charge is 0.343 e. The maximum Gasteiger partial charge on any atom is 0.343 e. The summed E-state index contributed by atoms with van der Waals surface area (Å²) in [7, 11) is 0. The van der Waals surface area contributed by atoms with Crippen LogP contribution in [0.25, 0.3) is 11.4 Å². The number of benzene rings is 4. The van der Waals surface area contributed by atoms with E-state index in [1.165, 1.54) is 70.9 Å². The first-order chi connectivity index (χ1) is 31.6. The van der Waals surface area contributed by atoms with Crippen LogP contribution < -0.4 is 32.5 Å². The van der Waals surface area contributed by atoms with Gasteiger partial charge >= 0.3 is 6.03 Å². The number of rotatable bonds is 8. The summed E-state index contributed by atoms with van der Waals surface area (Å²) in [5.41, 5.74) is 1.59. The monoisotopic (exact) mass is 934 g/mol. The van der Waals surface area contributed by atoms with Gasteiger partial charge in [0.05, 0.1) is 28.4 Å². The minimum absolute atomic E-state index is 0.0534. The van der Waals surface area contributed by atoms with E-state index in [0.29, 0.717) is 39.2 Å². The molecule has 0 bridgehead atoms. The summed E-state index contributed by atoms with van der Waals surface area (Å²) in [4.78, 5) is 74.9. The fourth-order valence-corrected chi connectivity index (χ4v) is 6.42. The first-order valence-corrected chi connectivity index (χ1v) is 20.5. The summed E-state index contributed by atoms with van der Waals surface area (Å²) in [5.74, 6) is -2.33. The molecule has 0 aliphatic carbocycles. The summed E-state index contributed by atoms with van der Waals surface area (Å²) in [6.45, 7) is 3.22. The highest BCUT2D eigenvalue weighted by molar-refractivity contribution is 6.31. The van der Waals surface area contributed by atoms with E-state index in [1.54, 1.807) is 98.2 Å². The van der Waals surface area contributed by atoms with Gasteiger partial charge in [-0.2, -0.15) is 20.2 Å². The number of hydrazone groups is 2. The van der Waals surface area contributed by atoms with Crippen molar-refractivity contribution >= 4 is 82.3 Å². The van der Waals surface area contributed by atoms with E-state index >= 15 is 0 Å². The van der Waals surface area contributed by atoms with E-state index < -0.39 is 34.7 Å². The Morgan fingerprint density at radius 2 is 1.23 bits per heavy atom. The quantitative estimate of drug-likeness (QED) is 0.0870. The third kappa shape index (κ3) is 11.5. The number of urea groups is 1. The van der Waals surface area contributed by atoms with Gasteiger partial charge in [-0.15, -0.1) is 0 Å². The van der Waals surface area contributed by atoms with Crippen LogP contribution in [0, 0.1) is 11.6 Å². The molecule has 2 atom stereocenters. The first kappa shape index (κ1) is 47.4. The van der Waals surface area contributed by atoms with E-state index in [4.69, 9.17) is 23.2 Å². The van der Waals surface area contributed by atoms with Gasteiger partial charge in [-0.3, -0.25) is 33.7 Å². The molecule has 2 aliphatic rings. The van der Waals surface area contributed by atoms with Crippen LogP contribution in [0.3, 0.4) is 0 Å².